The van der Waals surface area contributed by atoms with Crippen molar-refractivity contribution >= 4 is 29.4 Å². The highest BCUT2D eigenvalue weighted by atomic mass is 16.2. The van der Waals surface area contributed by atoms with E-state index in [9.17, 15) is 9.59 Å². The Balaban J connectivity index is 2.21. The highest BCUT2D eigenvalue weighted by Gasteiger charge is 2.24. The second kappa shape index (κ2) is 5.51. The Morgan fingerprint density at radius 2 is 2.05 bits per heavy atom. The molecule has 1 saturated heterocycles. The molecule has 1 fully saturated rings. The minimum atomic E-state index is -0.350. The van der Waals surface area contributed by atoms with Crippen LogP contribution >= 0.6 is 0 Å². The van der Waals surface area contributed by atoms with Crippen molar-refractivity contribution < 1.29 is 9.59 Å². The molecule has 0 bridgehead atoms. The molecule has 19 heavy (non-hydrogen) atoms. The number of anilines is 3. The van der Waals surface area contributed by atoms with Crippen LogP contribution in [-0.2, 0) is 9.59 Å². The van der Waals surface area contributed by atoms with Gasteiger partial charge in [-0.05, 0) is 6.42 Å². The maximum Gasteiger partial charge on any atom is 0.246 e. The molecule has 2 heterocycles. The number of nitrogens with one attached hydrogen (secondary N) is 2. The number of amides is 2. The van der Waals surface area contributed by atoms with Crippen molar-refractivity contribution in [3.63, 3.8) is 0 Å². The summed E-state index contributed by atoms with van der Waals surface area (Å²) >= 11 is 0. The standard InChI is InChI=1S/C11H16N6O2/c1-2-3-13-7-4-8(15-11(12)14-7)17-5-9(18)16-10(19)6-17/h4H,2-3,5-6H2,1H3,(H,16,18,19)(H3,12,13,14,15). The molecular formula is C11H16N6O2. The number of imide groups is 1. The molecule has 0 aromatic carbocycles. The summed E-state index contributed by atoms with van der Waals surface area (Å²) in [6.07, 6.45) is 0.948. The Hall–Kier alpha value is -2.38. The Morgan fingerprint density at radius 1 is 1.37 bits per heavy atom. The SMILES string of the molecule is CCCNc1cc(N2CC(=O)NC(=O)C2)nc(N)n1. The number of rotatable bonds is 4. The average molecular weight is 264 g/mol. The van der Waals surface area contributed by atoms with Crippen LogP contribution < -0.4 is 21.3 Å². The van der Waals surface area contributed by atoms with Crippen LogP contribution in [0, 0.1) is 0 Å². The van der Waals surface area contributed by atoms with Crippen molar-refractivity contribution in [2.75, 3.05) is 35.6 Å². The lowest BCUT2D eigenvalue weighted by Gasteiger charge is -2.26. The van der Waals surface area contributed by atoms with E-state index in [2.05, 4.69) is 20.6 Å². The van der Waals surface area contributed by atoms with E-state index in [1.807, 2.05) is 6.92 Å². The molecule has 1 aromatic heterocycles. The number of nitrogen functional groups attached to an aromatic ring is 1. The van der Waals surface area contributed by atoms with Gasteiger partial charge in [0.15, 0.2) is 0 Å². The summed E-state index contributed by atoms with van der Waals surface area (Å²) in [7, 11) is 0. The first-order chi connectivity index (χ1) is 9.08. The van der Waals surface area contributed by atoms with Gasteiger partial charge in [-0.1, -0.05) is 6.92 Å². The van der Waals surface area contributed by atoms with Gasteiger partial charge in [0.1, 0.15) is 11.6 Å². The van der Waals surface area contributed by atoms with Crippen LogP contribution in [0.3, 0.4) is 0 Å². The van der Waals surface area contributed by atoms with E-state index in [0.717, 1.165) is 13.0 Å². The topological polar surface area (TPSA) is 113 Å². The van der Waals surface area contributed by atoms with E-state index in [1.54, 1.807) is 11.0 Å². The molecule has 1 aliphatic rings. The van der Waals surface area contributed by atoms with E-state index in [-0.39, 0.29) is 30.9 Å². The molecule has 1 aliphatic heterocycles. The molecule has 0 radical (unpaired) electrons. The number of nitrogens with two attached hydrogens (primary N) is 1. The Kier molecular flexibility index (Phi) is 3.79. The van der Waals surface area contributed by atoms with Gasteiger partial charge in [-0.15, -0.1) is 0 Å². The van der Waals surface area contributed by atoms with Crippen LogP contribution in [0.15, 0.2) is 6.07 Å². The molecule has 8 heteroatoms. The zero-order valence-electron chi connectivity index (χ0n) is 10.6. The van der Waals surface area contributed by atoms with Gasteiger partial charge < -0.3 is 16.0 Å². The maximum absolute atomic E-state index is 11.3. The molecule has 2 rings (SSSR count). The zero-order chi connectivity index (χ0) is 13.8. The number of hydrogen-bond donors (Lipinski definition) is 3. The fourth-order valence-electron chi connectivity index (χ4n) is 1.76. The quantitative estimate of drug-likeness (QED) is 0.619. The largest absolute Gasteiger partial charge is 0.370 e. The Morgan fingerprint density at radius 3 is 2.68 bits per heavy atom. The predicted molar refractivity (Wildman–Crippen MR) is 70.6 cm³/mol. The second-order valence-electron chi connectivity index (χ2n) is 4.22. The lowest BCUT2D eigenvalue weighted by atomic mass is 10.3. The average Bonchev–Trinajstić information content (AvgIpc) is 2.34. The van der Waals surface area contributed by atoms with Crippen molar-refractivity contribution in [1.29, 1.82) is 0 Å². The normalized spacial score (nSPS) is 15.3. The van der Waals surface area contributed by atoms with Crippen LogP contribution in [-0.4, -0.2) is 41.4 Å². The number of aromatic nitrogens is 2. The van der Waals surface area contributed by atoms with Crippen LogP contribution in [0.2, 0.25) is 0 Å². The zero-order valence-corrected chi connectivity index (χ0v) is 10.6. The monoisotopic (exact) mass is 264 g/mol. The van der Waals surface area contributed by atoms with Gasteiger partial charge in [0.25, 0.3) is 0 Å². The van der Waals surface area contributed by atoms with E-state index in [0.29, 0.717) is 11.6 Å². The van der Waals surface area contributed by atoms with Crippen LogP contribution in [0.25, 0.3) is 0 Å². The summed E-state index contributed by atoms with van der Waals surface area (Å²) in [5, 5.41) is 5.33. The van der Waals surface area contributed by atoms with E-state index in [4.69, 9.17) is 5.73 Å². The third kappa shape index (κ3) is 3.30. The third-order valence-electron chi connectivity index (χ3n) is 2.56. The number of carbonyl (C=O) groups excluding carboxylic acids is 2. The predicted octanol–water partition coefficient (Wildman–Crippen LogP) is -0.656. The molecule has 0 aliphatic carbocycles. The molecule has 0 saturated carbocycles. The van der Waals surface area contributed by atoms with Gasteiger partial charge in [-0.3, -0.25) is 14.9 Å². The lowest BCUT2D eigenvalue weighted by Crippen LogP contribution is -2.51. The fraction of sp³-hybridized carbons (Fsp3) is 0.455. The van der Waals surface area contributed by atoms with Gasteiger partial charge in [0.05, 0.1) is 13.1 Å². The lowest BCUT2D eigenvalue weighted by molar-refractivity contribution is -0.130. The number of carbonyl (C=O) groups is 2. The summed E-state index contributed by atoms with van der Waals surface area (Å²) < 4.78 is 0. The van der Waals surface area contributed by atoms with Crippen molar-refractivity contribution in [2.24, 2.45) is 0 Å². The summed E-state index contributed by atoms with van der Waals surface area (Å²) in [6.45, 7) is 2.95. The number of nitrogens with zero attached hydrogens (tertiary/aromatic N) is 3. The summed E-state index contributed by atoms with van der Waals surface area (Å²) in [5.41, 5.74) is 5.63. The molecule has 0 atom stereocenters. The molecule has 102 valence electrons. The Bertz CT molecular complexity index is 488. The molecule has 2 amide bonds. The first-order valence-corrected chi connectivity index (χ1v) is 6.04. The molecule has 1 aromatic rings. The van der Waals surface area contributed by atoms with Gasteiger partial charge in [-0.2, -0.15) is 9.97 Å². The molecule has 0 spiro atoms. The van der Waals surface area contributed by atoms with Gasteiger partial charge in [-0.25, -0.2) is 0 Å². The summed E-state index contributed by atoms with van der Waals surface area (Å²) in [4.78, 5) is 32.3. The van der Waals surface area contributed by atoms with Gasteiger partial charge >= 0.3 is 0 Å². The second-order valence-corrected chi connectivity index (χ2v) is 4.22. The van der Waals surface area contributed by atoms with Crippen molar-refractivity contribution in [3.05, 3.63) is 6.07 Å². The minimum absolute atomic E-state index is 0.0788. The Labute approximate surface area is 110 Å². The van der Waals surface area contributed by atoms with Crippen LogP contribution in [0.5, 0.6) is 0 Å². The van der Waals surface area contributed by atoms with Gasteiger partial charge in [0.2, 0.25) is 17.8 Å². The smallest absolute Gasteiger partial charge is 0.246 e. The van der Waals surface area contributed by atoms with Crippen molar-refractivity contribution in [1.82, 2.24) is 15.3 Å². The van der Waals surface area contributed by atoms with Crippen molar-refractivity contribution in [2.45, 2.75) is 13.3 Å². The maximum atomic E-state index is 11.3. The highest BCUT2D eigenvalue weighted by Crippen LogP contribution is 2.17. The molecule has 8 nitrogen and oxygen atoms in total. The first kappa shape index (κ1) is 13.1. The fourth-order valence-corrected chi connectivity index (χ4v) is 1.76. The summed E-state index contributed by atoms with van der Waals surface area (Å²) in [5.74, 6) is 0.458. The number of hydrogen-bond acceptors (Lipinski definition) is 7. The number of piperazine rings is 1. The van der Waals surface area contributed by atoms with Crippen LogP contribution in [0.4, 0.5) is 17.6 Å². The van der Waals surface area contributed by atoms with E-state index < -0.39 is 0 Å². The summed E-state index contributed by atoms with van der Waals surface area (Å²) in [6, 6.07) is 1.68. The molecule has 0 unspecified atom stereocenters. The highest BCUT2D eigenvalue weighted by molar-refractivity contribution is 6.02. The van der Waals surface area contributed by atoms with Crippen molar-refractivity contribution in [3.8, 4) is 0 Å². The van der Waals surface area contributed by atoms with Gasteiger partial charge in [0, 0.05) is 12.6 Å². The molecular weight excluding hydrogens is 248 g/mol. The van der Waals surface area contributed by atoms with Crippen LogP contribution in [0.1, 0.15) is 13.3 Å². The van der Waals surface area contributed by atoms with E-state index >= 15 is 0 Å². The first-order valence-electron chi connectivity index (χ1n) is 6.04. The third-order valence-corrected chi connectivity index (χ3v) is 2.56. The molecule has 4 N–H and O–H groups in total. The minimum Gasteiger partial charge on any atom is -0.370 e. The van der Waals surface area contributed by atoms with E-state index in [1.165, 1.54) is 0 Å².